The Morgan fingerprint density at radius 3 is 2.88 bits per heavy atom. The Bertz CT molecular complexity index is 598. The molecule has 0 spiro atoms. The maximum atomic E-state index is 11.1. The van der Waals surface area contributed by atoms with E-state index >= 15 is 0 Å². The second kappa shape index (κ2) is 3.48. The number of aromatic nitrogens is 2. The third kappa shape index (κ3) is 1.73. The highest BCUT2D eigenvalue weighted by Crippen LogP contribution is 2.40. The van der Waals surface area contributed by atoms with Crippen LogP contribution in [0.4, 0.5) is 5.69 Å². The first-order valence-corrected chi connectivity index (χ1v) is 5.69. The first-order chi connectivity index (χ1) is 8.15. The Morgan fingerprint density at radius 2 is 2.24 bits per heavy atom. The summed E-state index contributed by atoms with van der Waals surface area (Å²) >= 11 is 0. The van der Waals surface area contributed by atoms with Gasteiger partial charge in [-0.25, -0.2) is 4.98 Å². The molecule has 3 rings (SSSR count). The van der Waals surface area contributed by atoms with Crippen molar-refractivity contribution >= 4 is 22.6 Å². The largest absolute Gasteiger partial charge is 0.399 e. The number of benzene rings is 1. The number of nitrogens with zero attached hydrogens (tertiary/aromatic N) is 2. The van der Waals surface area contributed by atoms with E-state index in [2.05, 4.69) is 4.98 Å². The van der Waals surface area contributed by atoms with E-state index in [4.69, 9.17) is 11.5 Å². The molecular formula is C12H14N4O. The van der Waals surface area contributed by atoms with Crippen molar-refractivity contribution in [1.29, 1.82) is 0 Å². The lowest BCUT2D eigenvalue weighted by molar-refractivity contribution is -0.118. The van der Waals surface area contributed by atoms with E-state index in [1.54, 1.807) is 0 Å². The average Bonchev–Trinajstić information content (AvgIpc) is 3.03. The summed E-state index contributed by atoms with van der Waals surface area (Å²) in [5.74, 6) is 1.09. The van der Waals surface area contributed by atoms with E-state index in [1.165, 1.54) is 0 Å². The minimum absolute atomic E-state index is 0.187. The van der Waals surface area contributed by atoms with Crippen LogP contribution in [-0.2, 0) is 11.3 Å². The van der Waals surface area contributed by atoms with E-state index in [1.807, 2.05) is 22.8 Å². The highest BCUT2D eigenvalue weighted by atomic mass is 16.1. The van der Waals surface area contributed by atoms with Gasteiger partial charge in [-0.05, 0) is 31.0 Å². The van der Waals surface area contributed by atoms with Crippen LogP contribution in [0, 0.1) is 0 Å². The Balaban J connectivity index is 2.19. The summed E-state index contributed by atoms with van der Waals surface area (Å²) in [5, 5.41) is 0. The normalized spacial score (nSPS) is 15.3. The zero-order chi connectivity index (χ0) is 12.0. The van der Waals surface area contributed by atoms with E-state index in [-0.39, 0.29) is 12.5 Å². The number of nitrogens with two attached hydrogens (primary N) is 2. The topological polar surface area (TPSA) is 86.9 Å². The number of anilines is 1. The van der Waals surface area contributed by atoms with Crippen LogP contribution in [0.15, 0.2) is 18.2 Å². The van der Waals surface area contributed by atoms with Crippen molar-refractivity contribution in [2.45, 2.75) is 25.3 Å². The van der Waals surface area contributed by atoms with Gasteiger partial charge in [-0.3, -0.25) is 4.79 Å². The van der Waals surface area contributed by atoms with Gasteiger partial charge >= 0.3 is 0 Å². The number of imidazole rings is 1. The van der Waals surface area contributed by atoms with Gasteiger partial charge in [-0.15, -0.1) is 0 Å². The zero-order valence-electron chi connectivity index (χ0n) is 9.39. The molecule has 17 heavy (non-hydrogen) atoms. The van der Waals surface area contributed by atoms with Gasteiger partial charge in [0.15, 0.2) is 0 Å². The third-order valence-electron chi connectivity index (χ3n) is 3.06. The number of carbonyl (C=O) groups excluding carboxylic acids is 1. The molecule has 1 saturated carbocycles. The number of rotatable bonds is 3. The Morgan fingerprint density at radius 1 is 1.47 bits per heavy atom. The van der Waals surface area contributed by atoms with Crippen molar-refractivity contribution in [1.82, 2.24) is 9.55 Å². The second-order valence-corrected chi connectivity index (χ2v) is 4.54. The Labute approximate surface area is 98.4 Å². The number of hydrogen-bond donors (Lipinski definition) is 2. The van der Waals surface area contributed by atoms with Gasteiger partial charge < -0.3 is 16.0 Å². The van der Waals surface area contributed by atoms with Crippen molar-refractivity contribution in [2.24, 2.45) is 5.73 Å². The molecule has 1 aromatic heterocycles. The van der Waals surface area contributed by atoms with Crippen LogP contribution in [0.2, 0.25) is 0 Å². The molecule has 1 aliphatic rings. The maximum Gasteiger partial charge on any atom is 0.237 e. The first-order valence-electron chi connectivity index (χ1n) is 5.69. The van der Waals surface area contributed by atoms with E-state index < -0.39 is 0 Å². The van der Waals surface area contributed by atoms with Crippen molar-refractivity contribution in [3.05, 3.63) is 24.0 Å². The summed E-state index contributed by atoms with van der Waals surface area (Å²) in [4.78, 5) is 15.7. The maximum absolute atomic E-state index is 11.1. The van der Waals surface area contributed by atoms with E-state index in [0.717, 1.165) is 29.7 Å². The molecule has 1 fully saturated rings. The summed E-state index contributed by atoms with van der Waals surface area (Å²) in [7, 11) is 0. The Kier molecular flexibility index (Phi) is 2.07. The van der Waals surface area contributed by atoms with Gasteiger partial charge in [-0.2, -0.15) is 0 Å². The van der Waals surface area contributed by atoms with Crippen LogP contribution in [0.5, 0.6) is 0 Å². The summed E-state index contributed by atoms with van der Waals surface area (Å²) in [6.07, 6.45) is 2.27. The standard InChI is InChI=1S/C12H14N4O/c13-8-3-4-10-9(5-8)15-12(7-1-2-7)16(10)6-11(14)17/h3-5,7H,1-2,6,13H2,(H2,14,17). The number of hydrogen-bond acceptors (Lipinski definition) is 3. The molecule has 1 aromatic carbocycles. The quantitative estimate of drug-likeness (QED) is 0.770. The lowest BCUT2D eigenvalue weighted by Crippen LogP contribution is -2.19. The van der Waals surface area contributed by atoms with Crippen LogP contribution < -0.4 is 11.5 Å². The van der Waals surface area contributed by atoms with Gasteiger partial charge in [0.25, 0.3) is 0 Å². The summed E-state index contributed by atoms with van der Waals surface area (Å²) in [5.41, 5.74) is 13.5. The highest BCUT2D eigenvalue weighted by molar-refractivity contribution is 5.82. The number of carbonyl (C=O) groups is 1. The number of primary amides is 1. The minimum atomic E-state index is -0.344. The third-order valence-corrected chi connectivity index (χ3v) is 3.06. The smallest absolute Gasteiger partial charge is 0.237 e. The molecule has 1 heterocycles. The number of amides is 1. The molecule has 0 aliphatic heterocycles. The van der Waals surface area contributed by atoms with Gasteiger partial charge in [0.05, 0.1) is 11.0 Å². The first kappa shape index (κ1) is 10.1. The fraction of sp³-hybridized carbons (Fsp3) is 0.333. The summed E-state index contributed by atoms with van der Waals surface area (Å²) in [6.45, 7) is 0.187. The molecule has 0 atom stereocenters. The van der Waals surface area contributed by atoms with Gasteiger partial charge in [0.2, 0.25) is 5.91 Å². The summed E-state index contributed by atoms with van der Waals surface area (Å²) in [6, 6.07) is 5.55. The van der Waals surface area contributed by atoms with Crippen LogP contribution in [0.25, 0.3) is 11.0 Å². The number of fused-ring (bicyclic) bond motifs is 1. The highest BCUT2D eigenvalue weighted by Gasteiger charge is 2.29. The van der Waals surface area contributed by atoms with E-state index in [9.17, 15) is 4.79 Å². The molecule has 4 N–H and O–H groups in total. The van der Waals surface area contributed by atoms with Gasteiger partial charge in [-0.1, -0.05) is 0 Å². The molecular weight excluding hydrogens is 216 g/mol. The van der Waals surface area contributed by atoms with Crippen LogP contribution in [-0.4, -0.2) is 15.5 Å². The molecule has 5 nitrogen and oxygen atoms in total. The molecule has 0 unspecified atom stereocenters. The molecule has 0 saturated heterocycles. The molecule has 5 heteroatoms. The molecule has 2 aromatic rings. The van der Waals surface area contributed by atoms with Crippen LogP contribution in [0.1, 0.15) is 24.6 Å². The zero-order valence-corrected chi connectivity index (χ0v) is 9.39. The summed E-state index contributed by atoms with van der Waals surface area (Å²) < 4.78 is 1.91. The number of nitrogen functional groups attached to an aromatic ring is 1. The molecule has 0 radical (unpaired) electrons. The predicted octanol–water partition coefficient (Wildman–Crippen LogP) is 0.981. The van der Waals surface area contributed by atoms with E-state index in [0.29, 0.717) is 11.6 Å². The fourth-order valence-electron chi connectivity index (χ4n) is 2.14. The minimum Gasteiger partial charge on any atom is -0.399 e. The van der Waals surface area contributed by atoms with Crippen molar-refractivity contribution < 1.29 is 4.79 Å². The van der Waals surface area contributed by atoms with Gasteiger partial charge in [0.1, 0.15) is 12.4 Å². The monoisotopic (exact) mass is 230 g/mol. The molecule has 1 amide bonds. The second-order valence-electron chi connectivity index (χ2n) is 4.54. The molecule has 88 valence electrons. The Hall–Kier alpha value is -2.04. The molecule has 1 aliphatic carbocycles. The van der Waals surface area contributed by atoms with Crippen molar-refractivity contribution in [2.75, 3.05) is 5.73 Å². The SMILES string of the molecule is NC(=O)Cn1c(C2CC2)nc2cc(N)ccc21. The predicted molar refractivity (Wildman–Crippen MR) is 65.3 cm³/mol. The van der Waals surface area contributed by atoms with Crippen molar-refractivity contribution in [3.63, 3.8) is 0 Å². The lowest BCUT2D eigenvalue weighted by atomic mass is 10.3. The fourth-order valence-corrected chi connectivity index (χ4v) is 2.14. The van der Waals surface area contributed by atoms with Gasteiger partial charge in [0, 0.05) is 11.6 Å². The van der Waals surface area contributed by atoms with Crippen LogP contribution >= 0.6 is 0 Å². The van der Waals surface area contributed by atoms with Crippen molar-refractivity contribution in [3.8, 4) is 0 Å². The van der Waals surface area contributed by atoms with Crippen LogP contribution in [0.3, 0.4) is 0 Å². The average molecular weight is 230 g/mol. The molecule has 0 bridgehead atoms. The lowest BCUT2D eigenvalue weighted by Gasteiger charge is -2.05.